The summed E-state index contributed by atoms with van der Waals surface area (Å²) in [6.07, 6.45) is 1.50. The highest BCUT2D eigenvalue weighted by atomic mass is 16.3. The van der Waals surface area contributed by atoms with Crippen molar-refractivity contribution in [2.24, 2.45) is 4.99 Å². The molecule has 1 aromatic rings. The Morgan fingerprint density at radius 2 is 2.17 bits per heavy atom. The van der Waals surface area contributed by atoms with Crippen molar-refractivity contribution in [3.8, 4) is 0 Å². The summed E-state index contributed by atoms with van der Waals surface area (Å²) in [6, 6.07) is 7.61. The Balaban J connectivity index is 2.46. The van der Waals surface area contributed by atoms with E-state index in [1.165, 1.54) is 6.21 Å². The van der Waals surface area contributed by atoms with Crippen LogP contribution in [-0.2, 0) is 0 Å². The molecule has 2 rings (SSSR count). The van der Waals surface area contributed by atoms with Crippen LogP contribution >= 0.6 is 0 Å². The summed E-state index contributed by atoms with van der Waals surface area (Å²) >= 11 is 0. The Kier molecular flexibility index (Phi) is 1.41. The molecular formula is C9H10N2O. The van der Waals surface area contributed by atoms with Gasteiger partial charge in [-0.2, -0.15) is 0 Å². The zero-order chi connectivity index (χ0) is 8.60. The van der Waals surface area contributed by atoms with Gasteiger partial charge in [-0.25, -0.2) is 0 Å². The van der Waals surface area contributed by atoms with Crippen LogP contribution in [-0.4, -0.2) is 17.0 Å². The van der Waals surface area contributed by atoms with Gasteiger partial charge < -0.3 is 10.4 Å². The Morgan fingerprint density at radius 3 is 3.00 bits per heavy atom. The van der Waals surface area contributed by atoms with Crippen molar-refractivity contribution in [3.05, 3.63) is 24.3 Å². The molecule has 1 aliphatic heterocycles. The van der Waals surface area contributed by atoms with Gasteiger partial charge in [0.05, 0.1) is 17.6 Å². The molecule has 1 atom stereocenters. The summed E-state index contributed by atoms with van der Waals surface area (Å²) in [4.78, 5) is 4.11. The summed E-state index contributed by atoms with van der Waals surface area (Å²) < 4.78 is 0. The number of para-hydroxylation sites is 2. The molecule has 0 spiro atoms. The van der Waals surface area contributed by atoms with Crippen LogP contribution < -0.4 is 5.32 Å². The maximum absolute atomic E-state index is 9.56. The fraction of sp³-hybridized carbons (Fsp3) is 0.222. The van der Waals surface area contributed by atoms with E-state index in [4.69, 9.17) is 0 Å². The number of nitrogens with zero attached hydrogens (tertiary/aromatic N) is 1. The number of anilines is 1. The zero-order valence-corrected chi connectivity index (χ0v) is 6.78. The second-order valence-electron chi connectivity index (χ2n) is 3.05. The Labute approximate surface area is 70.8 Å². The van der Waals surface area contributed by atoms with Crippen LogP contribution in [0.4, 0.5) is 11.4 Å². The lowest BCUT2D eigenvalue weighted by molar-refractivity contribution is 0.168. The van der Waals surface area contributed by atoms with Crippen LogP contribution in [0.1, 0.15) is 6.92 Å². The SMILES string of the molecule is CC1(O)C=Nc2ccccc2N1. The van der Waals surface area contributed by atoms with Gasteiger partial charge in [0, 0.05) is 0 Å². The van der Waals surface area contributed by atoms with Crippen LogP contribution in [0.25, 0.3) is 0 Å². The highest BCUT2D eigenvalue weighted by molar-refractivity contribution is 5.84. The number of rotatable bonds is 0. The third-order valence-corrected chi connectivity index (χ3v) is 1.75. The molecule has 0 saturated heterocycles. The minimum absolute atomic E-state index is 0.865. The van der Waals surface area contributed by atoms with Gasteiger partial charge in [-0.1, -0.05) is 12.1 Å². The van der Waals surface area contributed by atoms with E-state index in [9.17, 15) is 5.11 Å². The largest absolute Gasteiger partial charge is 0.366 e. The molecule has 0 bridgehead atoms. The monoisotopic (exact) mass is 162 g/mol. The first-order valence-corrected chi connectivity index (χ1v) is 3.82. The Morgan fingerprint density at radius 1 is 1.42 bits per heavy atom. The summed E-state index contributed by atoms with van der Waals surface area (Å²) in [5, 5.41) is 12.5. The first-order chi connectivity index (χ1) is 5.67. The second-order valence-corrected chi connectivity index (χ2v) is 3.05. The smallest absolute Gasteiger partial charge is 0.169 e. The van der Waals surface area contributed by atoms with Crippen molar-refractivity contribution < 1.29 is 5.11 Å². The quantitative estimate of drug-likeness (QED) is 0.607. The summed E-state index contributed by atoms with van der Waals surface area (Å²) in [5.74, 6) is 0. The average Bonchev–Trinajstić information content (AvgIpc) is 2.02. The number of benzene rings is 1. The summed E-state index contributed by atoms with van der Waals surface area (Å²) in [7, 11) is 0. The van der Waals surface area contributed by atoms with Crippen molar-refractivity contribution in [1.29, 1.82) is 0 Å². The molecule has 1 heterocycles. The van der Waals surface area contributed by atoms with Crippen LogP contribution in [0.15, 0.2) is 29.3 Å². The molecule has 0 amide bonds. The van der Waals surface area contributed by atoms with Crippen LogP contribution in [0.2, 0.25) is 0 Å². The molecule has 3 nitrogen and oxygen atoms in total. The predicted molar refractivity (Wildman–Crippen MR) is 48.8 cm³/mol. The number of aliphatic hydroxyl groups is 1. The lowest BCUT2D eigenvalue weighted by atomic mass is 10.2. The molecule has 0 aliphatic carbocycles. The Bertz CT molecular complexity index is 331. The third kappa shape index (κ3) is 1.19. The number of aliphatic imine (C=N–C) groups is 1. The number of nitrogens with one attached hydrogen (secondary N) is 1. The summed E-state index contributed by atoms with van der Waals surface area (Å²) in [6.45, 7) is 1.66. The van der Waals surface area contributed by atoms with E-state index in [1.807, 2.05) is 24.3 Å². The van der Waals surface area contributed by atoms with Gasteiger partial charge in [-0.3, -0.25) is 4.99 Å². The summed E-state index contributed by atoms with van der Waals surface area (Å²) in [5.41, 5.74) is 0.711. The van der Waals surface area contributed by atoms with Gasteiger partial charge >= 0.3 is 0 Å². The molecule has 62 valence electrons. The number of hydrogen-bond acceptors (Lipinski definition) is 3. The topological polar surface area (TPSA) is 44.6 Å². The highest BCUT2D eigenvalue weighted by Crippen LogP contribution is 2.29. The molecule has 3 heteroatoms. The van der Waals surface area contributed by atoms with E-state index < -0.39 is 5.72 Å². The second kappa shape index (κ2) is 2.32. The molecule has 1 aromatic carbocycles. The minimum Gasteiger partial charge on any atom is -0.366 e. The first-order valence-electron chi connectivity index (χ1n) is 3.82. The molecule has 2 N–H and O–H groups in total. The van der Waals surface area contributed by atoms with Gasteiger partial charge in [0.15, 0.2) is 5.72 Å². The molecule has 1 unspecified atom stereocenters. The van der Waals surface area contributed by atoms with Gasteiger partial charge in [-0.15, -0.1) is 0 Å². The molecule has 1 aliphatic rings. The molecule has 0 aromatic heterocycles. The molecule has 0 saturated carbocycles. The lowest BCUT2D eigenvalue weighted by Gasteiger charge is -2.25. The lowest BCUT2D eigenvalue weighted by Crippen LogP contribution is -2.37. The van der Waals surface area contributed by atoms with E-state index in [-0.39, 0.29) is 0 Å². The maximum atomic E-state index is 9.56. The van der Waals surface area contributed by atoms with E-state index in [0.29, 0.717) is 0 Å². The standard InChI is InChI=1S/C9H10N2O/c1-9(12)6-10-7-4-2-3-5-8(7)11-9/h2-6,11-12H,1H3. The van der Waals surface area contributed by atoms with Crippen molar-refractivity contribution in [3.63, 3.8) is 0 Å². The fourth-order valence-electron chi connectivity index (χ4n) is 1.19. The van der Waals surface area contributed by atoms with Gasteiger partial charge in [0.2, 0.25) is 0 Å². The number of fused-ring (bicyclic) bond motifs is 1. The maximum Gasteiger partial charge on any atom is 0.169 e. The Hall–Kier alpha value is -1.35. The molecule has 12 heavy (non-hydrogen) atoms. The van der Waals surface area contributed by atoms with Crippen molar-refractivity contribution in [2.75, 3.05) is 5.32 Å². The van der Waals surface area contributed by atoms with Crippen molar-refractivity contribution in [1.82, 2.24) is 0 Å². The van der Waals surface area contributed by atoms with Gasteiger partial charge in [0.25, 0.3) is 0 Å². The van der Waals surface area contributed by atoms with Crippen LogP contribution in [0, 0.1) is 0 Å². The fourth-order valence-corrected chi connectivity index (χ4v) is 1.19. The zero-order valence-electron chi connectivity index (χ0n) is 6.78. The average molecular weight is 162 g/mol. The van der Waals surface area contributed by atoms with Crippen LogP contribution in [0.5, 0.6) is 0 Å². The van der Waals surface area contributed by atoms with E-state index in [0.717, 1.165) is 11.4 Å². The van der Waals surface area contributed by atoms with E-state index >= 15 is 0 Å². The molecule has 0 radical (unpaired) electrons. The van der Waals surface area contributed by atoms with E-state index in [1.54, 1.807) is 6.92 Å². The minimum atomic E-state index is -1.02. The van der Waals surface area contributed by atoms with Gasteiger partial charge in [0.1, 0.15) is 0 Å². The third-order valence-electron chi connectivity index (χ3n) is 1.75. The van der Waals surface area contributed by atoms with Crippen molar-refractivity contribution >= 4 is 17.6 Å². The molecular weight excluding hydrogens is 152 g/mol. The molecule has 0 fully saturated rings. The normalized spacial score (nSPS) is 26.2. The first kappa shape index (κ1) is 7.31. The highest BCUT2D eigenvalue weighted by Gasteiger charge is 2.21. The van der Waals surface area contributed by atoms with Gasteiger partial charge in [-0.05, 0) is 19.1 Å². The predicted octanol–water partition coefficient (Wildman–Crippen LogP) is 1.52. The van der Waals surface area contributed by atoms with Crippen molar-refractivity contribution in [2.45, 2.75) is 12.6 Å². The van der Waals surface area contributed by atoms with Crippen LogP contribution in [0.3, 0.4) is 0 Å². The van der Waals surface area contributed by atoms with E-state index in [2.05, 4.69) is 10.3 Å². The number of hydrogen-bond donors (Lipinski definition) is 2.